The maximum atomic E-state index is 5.43. The third kappa shape index (κ3) is 4.49. The summed E-state index contributed by atoms with van der Waals surface area (Å²) in [7, 11) is 0. The molecule has 1 rings (SSSR count). The fraction of sp³-hybridized carbons (Fsp3) is 0.429. The normalized spacial score (nSPS) is 12.1. The van der Waals surface area contributed by atoms with E-state index in [9.17, 15) is 0 Å². The summed E-state index contributed by atoms with van der Waals surface area (Å²) in [6.45, 7) is 9.69. The Morgan fingerprint density at radius 1 is 1.38 bits per heavy atom. The van der Waals surface area contributed by atoms with Crippen LogP contribution in [0.15, 0.2) is 36.9 Å². The van der Waals surface area contributed by atoms with Gasteiger partial charge in [0.15, 0.2) is 0 Å². The van der Waals surface area contributed by atoms with Crippen LogP contribution in [0.2, 0.25) is 0 Å². The predicted molar refractivity (Wildman–Crippen MR) is 67.5 cm³/mol. The van der Waals surface area contributed by atoms with Crippen molar-refractivity contribution in [1.82, 2.24) is 0 Å². The average molecular weight is 220 g/mol. The van der Waals surface area contributed by atoms with E-state index in [0.29, 0.717) is 12.6 Å². The standard InChI is InChI=1S/C14H21NO/c1-4-10-16-14-8-6-13(7-9-14)11-15-12(3)5-2/h4,6-9,12,15H,1,5,10-11H2,2-3H3/p+1/t12-/m1/s1. The Labute approximate surface area is 98.3 Å². The van der Waals surface area contributed by atoms with Crippen molar-refractivity contribution >= 4 is 0 Å². The van der Waals surface area contributed by atoms with Gasteiger partial charge in [0.2, 0.25) is 0 Å². The summed E-state index contributed by atoms with van der Waals surface area (Å²) in [4.78, 5) is 0. The molecule has 0 fully saturated rings. The van der Waals surface area contributed by atoms with Crippen molar-refractivity contribution in [2.24, 2.45) is 0 Å². The number of rotatable bonds is 7. The zero-order valence-electron chi connectivity index (χ0n) is 10.3. The Morgan fingerprint density at radius 3 is 2.62 bits per heavy atom. The molecule has 0 bridgehead atoms. The van der Waals surface area contributed by atoms with Gasteiger partial charge in [0.25, 0.3) is 0 Å². The van der Waals surface area contributed by atoms with Crippen molar-refractivity contribution in [3.05, 3.63) is 42.5 Å². The topological polar surface area (TPSA) is 25.8 Å². The van der Waals surface area contributed by atoms with Crippen LogP contribution < -0.4 is 10.1 Å². The molecule has 1 aromatic carbocycles. The third-order valence-corrected chi connectivity index (χ3v) is 2.69. The third-order valence-electron chi connectivity index (χ3n) is 2.69. The minimum absolute atomic E-state index is 0.568. The molecule has 1 atom stereocenters. The summed E-state index contributed by atoms with van der Waals surface area (Å²) < 4.78 is 5.43. The molecule has 0 aliphatic carbocycles. The van der Waals surface area contributed by atoms with Crippen molar-refractivity contribution in [1.29, 1.82) is 0 Å². The molecule has 2 nitrogen and oxygen atoms in total. The molecule has 0 amide bonds. The summed E-state index contributed by atoms with van der Waals surface area (Å²) in [5, 5.41) is 2.36. The molecule has 2 heteroatoms. The van der Waals surface area contributed by atoms with E-state index in [-0.39, 0.29) is 0 Å². The van der Waals surface area contributed by atoms with E-state index in [2.05, 4.69) is 37.9 Å². The van der Waals surface area contributed by atoms with Crippen LogP contribution in [-0.2, 0) is 6.54 Å². The van der Waals surface area contributed by atoms with Gasteiger partial charge in [-0.05, 0) is 37.6 Å². The lowest BCUT2D eigenvalue weighted by Gasteiger charge is -2.08. The highest BCUT2D eigenvalue weighted by atomic mass is 16.5. The predicted octanol–water partition coefficient (Wildman–Crippen LogP) is 2.11. The van der Waals surface area contributed by atoms with Gasteiger partial charge < -0.3 is 10.1 Å². The average Bonchev–Trinajstić information content (AvgIpc) is 2.34. The quantitative estimate of drug-likeness (QED) is 0.700. The van der Waals surface area contributed by atoms with Gasteiger partial charge >= 0.3 is 0 Å². The highest BCUT2D eigenvalue weighted by molar-refractivity contribution is 5.26. The van der Waals surface area contributed by atoms with Crippen molar-refractivity contribution in [3.8, 4) is 5.75 Å². The Kier molecular flexibility index (Phi) is 5.65. The van der Waals surface area contributed by atoms with Gasteiger partial charge in [-0.3, -0.25) is 0 Å². The maximum absolute atomic E-state index is 5.43. The fourth-order valence-corrected chi connectivity index (χ4v) is 1.38. The summed E-state index contributed by atoms with van der Waals surface area (Å²) in [6.07, 6.45) is 2.96. The van der Waals surface area contributed by atoms with Gasteiger partial charge in [0.05, 0.1) is 6.04 Å². The molecular formula is C14H22NO+. The van der Waals surface area contributed by atoms with E-state index in [0.717, 1.165) is 12.3 Å². The smallest absolute Gasteiger partial charge is 0.119 e. The van der Waals surface area contributed by atoms with E-state index in [4.69, 9.17) is 4.74 Å². The molecule has 0 radical (unpaired) electrons. The Balaban J connectivity index is 2.41. The first-order chi connectivity index (χ1) is 7.76. The van der Waals surface area contributed by atoms with Crippen molar-refractivity contribution in [2.75, 3.05) is 6.61 Å². The molecule has 0 saturated heterocycles. The number of hydrogen-bond donors (Lipinski definition) is 1. The van der Waals surface area contributed by atoms with Crippen LogP contribution in [0.5, 0.6) is 5.75 Å². The first-order valence-electron chi connectivity index (χ1n) is 5.92. The maximum Gasteiger partial charge on any atom is 0.119 e. The SMILES string of the molecule is C=CCOc1ccc(C[NH2+][C@H](C)CC)cc1. The van der Waals surface area contributed by atoms with Gasteiger partial charge in [-0.25, -0.2) is 0 Å². The molecule has 0 aliphatic rings. The van der Waals surface area contributed by atoms with Crippen LogP contribution in [0.1, 0.15) is 25.8 Å². The van der Waals surface area contributed by atoms with Crippen molar-refractivity contribution in [3.63, 3.8) is 0 Å². The van der Waals surface area contributed by atoms with Gasteiger partial charge in [-0.1, -0.05) is 19.6 Å². The van der Waals surface area contributed by atoms with E-state index in [1.165, 1.54) is 12.0 Å². The molecule has 0 spiro atoms. The second-order valence-electron chi connectivity index (χ2n) is 4.07. The van der Waals surface area contributed by atoms with Crippen LogP contribution >= 0.6 is 0 Å². The Hall–Kier alpha value is -1.28. The highest BCUT2D eigenvalue weighted by Gasteiger charge is 2.02. The van der Waals surface area contributed by atoms with Gasteiger partial charge in [-0.2, -0.15) is 0 Å². The van der Waals surface area contributed by atoms with Crippen molar-refractivity contribution < 1.29 is 10.1 Å². The molecule has 2 N–H and O–H groups in total. The molecule has 0 saturated carbocycles. The minimum atomic E-state index is 0.568. The van der Waals surface area contributed by atoms with Crippen molar-refractivity contribution in [2.45, 2.75) is 32.9 Å². The number of benzene rings is 1. The zero-order chi connectivity index (χ0) is 11.8. The minimum Gasteiger partial charge on any atom is -0.490 e. The lowest BCUT2D eigenvalue weighted by atomic mass is 10.2. The van der Waals surface area contributed by atoms with Gasteiger partial charge in [0, 0.05) is 5.56 Å². The highest BCUT2D eigenvalue weighted by Crippen LogP contribution is 2.11. The Bertz CT molecular complexity index is 305. The zero-order valence-corrected chi connectivity index (χ0v) is 10.3. The molecular weight excluding hydrogens is 198 g/mol. The molecule has 0 heterocycles. The first-order valence-corrected chi connectivity index (χ1v) is 5.92. The lowest BCUT2D eigenvalue weighted by Crippen LogP contribution is -2.87. The number of ether oxygens (including phenoxy) is 1. The van der Waals surface area contributed by atoms with E-state index in [1.54, 1.807) is 6.08 Å². The number of quaternary nitrogens is 1. The number of hydrogen-bond acceptors (Lipinski definition) is 1. The van der Waals surface area contributed by atoms with Crippen LogP contribution in [0.25, 0.3) is 0 Å². The molecule has 16 heavy (non-hydrogen) atoms. The molecule has 1 aromatic rings. The van der Waals surface area contributed by atoms with E-state index >= 15 is 0 Å². The summed E-state index contributed by atoms with van der Waals surface area (Å²) in [5.74, 6) is 0.909. The van der Waals surface area contributed by atoms with Crippen LogP contribution in [-0.4, -0.2) is 12.6 Å². The fourth-order valence-electron chi connectivity index (χ4n) is 1.38. The van der Waals surface area contributed by atoms with Gasteiger partial charge in [-0.15, -0.1) is 0 Å². The lowest BCUT2D eigenvalue weighted by molar-refractivity contribution is -0.701. The van der Waals surface area contributed by atoms with Crippen LogP contribution in [0.4, 0.5) is 0 Å². The van der Waals surface area contributed by atoms with E-state index in [1.807, 2.05) is 12.1 Å². The molecule has 88 valence electrons. The second-order valence-corrected chi connectivity index (χ2v) is 4.07. The molecule has 0 aromatic heterocycles. The summed E-state index contributed by atoms with van der Waals surface area (Å²) in [5.41, 5.74) is 1.34. The second kappa shape index (κ2) is 7.07. The van der Waals surface area contributed by atoms with Gasteiger partial charge in [0.1, 0.15) is 18.9 Å². The molecule has 0 unspecified atom stereocenters. The largest absolute Gasteiger partial charge is 0.490 e. The monoisotopic (exact) mass is 220 g/mol. The van der Waals surface area contributed by atoms with Crippen LogP contribution in [0.3, 0.4) is 0 Å². The number of nitrogens with two attached hydrogens (primary N) is 1. The molecule has 0 aliphatic heterocycles. The Morgan fingerprint density at radius 2 is 2.06 bits per heavy atom. The summed E-state index contributed by atoms with van der Waals surface area (Å²) in [6, 6.07) is 8.97. The first kappa shape index (κ1) is 12.8. The van der Waals surface area contributed by atoms with Crippen LogP contribution in [0, 0.1) is 0 Å². The van der Waals surface area contributed by atoms with E-state index < -0.39 is 0 Å². The summed E-state index contributed by atoms with van der Waals surface area (Å²) >= 11 is 0.